The Kier molecular flexibility index (Phi) is 4.73. The van der Waals surface area contributed by atoms with E-state index in [0.29, 0.717) is 11.1 Å². The zero-order valence-corrected chi connectivity index (χ0v) is 14.3. The highest BCUT2D eigenvalue weighted by Crippen LogP contribution is 2.22. The summed E-state index contributed by atoms with van der Waals surface area (Å²) in [6.45, 7) is 4.99. The van der Waals surface area contributed by atoms with Crippen LogP contribution in [-0.2, 0) is 9.59 Å². The topological polar surface area (TPSA) is 86.8 Å². The Bertz CT molecular complexity index is 671. The van der Waals surface area contributed by atoms with E-state index in [1.54, 1.807) is 24.3 Å². The van der Waals surface area contributed by atoms with Crippen LogP contribution in [0.3, 0.4) is 0 Å². The molecule has 0 spiro atoms. The van der Waals surface area contributed by atoms with Crippen LogP contribution in [0.5, 0.6) is 0 Å². The normalized spacial score (nSPS) is 13.8. The van der Waals surface area contributed by atoms with Crippen LogP contribution < -0.4 is 5.32 Å². The van der Waals surface area contributed by atoms with Crippen LogP contribution in [0, 0.1) is 0 Å². The number of likely N-dealkylation sites (N-methyl/N-ethyl adjacent to an activating group) is 1. The molecule has 1 aliphatic heterocycles. The summed E-state index contributed by atoms with van der Waals surface area (Å²) in [5.41, 5.74) is 0.190. The number of fused-ring (bicyclic) bond motifs is 1. The van der Waals surface area contributed by atoms with E-state index in [1.165, 1.54) is 11.9 Å². The third-order valence-electron chi connectivity index (χ3n) is 3.49. The summed E-state index contributed by atoms with van der Waals surface area (Å²) in [6, 6.07) is 6.44. The molecule has 0 aliphatic carbocycles. The van der Waals surface area contributed by atoms with Crippen molar-refractivity contribution in [3.05, 3.63) is 35.4 Å². The zero-order chi connectivity index (χ0) is 18.1. The molecule has 4 amide bonds. The van der Waals surface area contributed by atoms with Crippen molar-refractivity contribution >= 4 is 23.6 Å². The van der Waals surface area contributed by atoms with Crippen LogP contribution in [0.15, 0.2) is 24.3 Å². The predicted octanol–water partition coefficient (Wildman–Crippen LogP) is 0.656. The lowest BCUT2D eigenvalue weighted by atomic mass is 10.1. The fourth-order valence-electron chi connectivity index (χ4n) is 2.40. The molecule has 24 heavy (non-hydrogen) atoms. The van der Waals surface area contributed by atoms with Crippen molar-refractivity contribution in [3.63, 3.8) is 0 Å². The van der Waals surface area contributed by atoms with Gasteiger partial charge in [0.15, 0.2) is 0 Å². The van der Waals surface area contributed by atoms with Gasteiger partial charge in [0.1, 0.15) is 6.54 Å². The van der Waals surface area contributed by atoms with E-state index in [2.05, 4.69) is 5.32 Å². The molecule has 1 heterocycles. The molecule has 0 aromatic heterocycles. The van der Waals surface area contributed by atoms with Gasteiger partial charge in [0.25, 0.3) is 11.8 Å². The van der Waals surface area contributed by atoms with Crippen LogP contribution in [0.25, 0.3) is 0 Å². The minimum absolute atomic E-state index is 0.140. The third kappa shape index (κ3) is 3.79. The third-order valence-corrected chi connectivity index (χ3v) is 3.49. The average molecular weight is 331 g/mol. The highest BCUT2D eigenvalue weighted by atomic mass is 16.2. The van der Waals surface area contributed by atoms with Gasteiger partial charge in [0, 0.05) is 12.6 Å². The van der Waals surface area contributed by atoms with Gasteiger partial charge in [-0.3, -0.25) is 24.1 Å². The van der Waals surface area contributed by atoms with E-state index in [4.69, 9.17) is 0 Å². The van der Waals surface area contributed by atoms with Gasteiger partial charge in [0.2, 0.25) is 11.8 Å². The van der Waals surface area contributed by atoms with Crippen LogP contribution in [0.4, 0.5) is 0 Å². The monoisotopic (exact) mass is 331 g/mol. The van der Waals surface area contributed by atoms with Crippen molar-refractivity contribution in [1.82, 2.24) is 15.1 Å². The second-order valence-corrected chi connectivity index (χ2v) is 6.79. The molecule has 0 bridgehead atoms. The molecule has 7 heteroatoms. The second kappa shape index (κ2) is 6.43. The Balaban J connectivity index is 1.99. The lowest BCUT2D eigenvalue weighted by Crippen LogP contribution is -2.48. The molecule has 1 N–H and O–H groups in total. The summed E-state index contributed by atoms with van der Waals surface area (Å²) in [5.74, 6) is -1.76. The quantitative estimate of drug-likeness (QED) is 0.821. The van der Waals surface area contributed by atoms with Gasteiger partial charge in [-0.25, -0.2) is 0 Å². The Morgan fingerprint density at radius 3 is 2.04 bits per heavy atom. The van der Waals surface area contributed by atoms with Crippen molar-refractivity contribution in [2.45, 2.75) is 26.3 Å². The molecule has 0 saturated carbocycles. The summed E-state index contributed by atoms with van der Waals surface area (Å²) in [4.78, 5) is 50.7. The molecule has 2 rings (SSSR count). The number of nitrogens with one attached hydrogen (secondary N) is 1. The van der Waals surface area contributed by atoms with Crippen molar-refractivity contribution in [1.29, 1.82) is 0 Å². The van der Waals surface area contributed by atoms with Crippen molar-refractivity contribution < 1.29 is 19.2 Å². The Morgan fingerprint density at radius 2 is 1.58 bits per heavy atom. The Morgan fingerprint density at radius 1 is 1.08 bits per heavy atom. The molecule has 0 atom stereocenters. The molecule has 1 aromatic rings. The van der Waals surface area contributed by atoms with Gasteiger partial charge in [0.05, 0.1) is 17.7 Å². The van der Waals surface area contributed by atoms with Gasteiger partial charge in [-0.05, 0) is 32.9 Å². The molecular formula is C17H21N3O4. The van der Waals surface area contributed by atoms with E-state index in [9.17, 15) is 19.2 Å². The van der Waals surface area contributed by atoms with Gasteiger partial charge >= 0.3 is 0 Å². The molecule has 0 unspecified atom stereocenters. The van der Waals surface area contributed by atoms with Crippen molar-refractivity contribution in [3.8, 4) is 0 Å². The molecule has 128 valence electrons. The minimum atomic E-state index is -0.489. The van der Waals surface area contributed by atoms with Crippen molar-refractivity contribution in [2.24, 2.45) is 0 Å². The largest absolute Gasteiger partial charge is 0.350 e. The molecule has 0 saturated heterocycles. The first-order chi connectivity index (χ1) is 11.1. The number of rotatable bonds is 4. The summed E-state index contributed by atoms with van der Waals surface area (Å²) in [5, 5.41) is 2.75. The molecule has 0 fully saturated rings. The summed E-state index contributed by atoms with van der Waals surface area (Å²) in [6.07, 6.45) is 0. The number of carbonyl (C=O) groups is 4. The molecule has 1 aromatic carbocycles. The number of amides is 4. The minimum Gasteiger partial charge on any atom is -0.350 e. The SMILES string of the molecule is CN(CC(=O)NC(C)(C)C)C(=O)CN1C(=O)c2ccccc2C1=O. The maximum absolute atomic E-state index is 12.2. The van der Waals surface area contributed by atoms with Gasteiger partial charge in [-0.2, -0.15) is 0 Å². The highest BCUT2D eigenvalue weighted by Gasteiger charge is 2.36. The maximum Gasteiger partial charge on any atom is 0.262 e. The fourth-order valence-corrected chi connectivity index (χ4v) is 2.40. The van der Waals surface area contributed by atoms with Crippen LogP contribution >= 0.6 is 0 Å². The first-order valence-electron chi connectivity index (χ1n) is 7.60. The lowest BCUT2D eigenvalue weighted by molar-refractivity contribution is -0.135. The number of nitrogens with zero attached hydrogens (tertiary/aromatic N) is 2. The van der Waals surface area contributed by atoms with Crippen molar-refractivity contribution in [2.75, 3.05) is 20.1 Å². The number of hydrogen-bond acceptors (Lipinski definition) is 4. The summed E-state index contributed by atoms with van der Waals surface area (Å²) in [7, 11) is 1.46. The van der Waals surface area contributed by atoms with E-state index in [-0.39, 0.29) is 19.0 Å². The van der Waals surface area contributed by atoms with Gasteiger partial charge in [-0.1, -0.05) is 12.1 Å². The summed E-state index contributed by atoms with van der Waals surface area (Å²) >= 11 is 0. The highest BCUT2D eigenvalue weighted by molar-refractivity contribution is 6.22. The Labute approximate surface area is 140 Å². The van der Waals surface area contributed by atoms with E-state index < -0.39 is 23.3 Å². The maximum atomic E-state index is 12.2. The van der Waals surface area contributed by atoms with Gasteiger partial charge in [-0.15, -0.1) is 0 Å². The first kappa shape index (κ1) is 17.7. The molecular weight excluding hydrogens is 310 g/mol. The number of carbonyl (C=O) groups excluding carboxylic acids is 4. The molecule has 1 aliphatic rings. The number of benzene rings is 1. The molecule has 0 radical (unpaired) electrons. The Hall–Kier alpha value is -2.70. The number of hydrogen-bond donors (Lipinski definition) is 1. The molecule has 7 nitrogen and oxygen atoms in total. The lowest BCUT2D eigenvalue weighted by Gasteiger charge is -2.24. The second-order valence-electron chi connectivity index (χ2n) is 6.79. The average Bonchev–Trinajstić information content (AvgIpc) is 2.70. The summed E-state index contributed by atoms with van der Waals surface area (Å²) < 4.78 is 0. The first-order valence-corrected chi connectivity index (χ1v) is 7.60. The van der Waals surface area contributed by atoms with Crippen LogP contribution in [0.2, 0.25) is 0 Å². The van der Waals surface area contributed by atoms with E-state index in [1.807, 2.05) is 20.8 Å². The number of imide groups is 1. The van der Waals surface area contributed by atoms with Crippen LogP contribution in [0.1, 0.15) is 41.5 Å². The zero-order valence-electron chi connectivity index (χ0n) is 14.3. The standard InChI is InChI=1S/C17H21N3O4/c1-17(2,3)18-13(21)9-19(4)14(22)10-20-15(23)11-7-5-6-8-12(11)16(20)24/h5-8H,9-10H2,1-4H3,(H,18,21). The van der Waals surface area contributed by atoms with Crippen LogP contribution in [-0.4, -0.2) is 59.1 Å². The van der Waals surface area contributed by atoms with Gasteiger partial charge < -0.3 is 10.2 Å². The fraction of sp³-hybridized carbons (Fsp3) is 0.412. The predicted molar refractivity (Wildman–Crippen MR) is 87.3 cm³/mol. The van der Waals surface area contributed by atoms with E-state index >= 15 is 0 Å². The smallest absolute Gasteiger partial charge is 0.262 e. The van der Waals surface area contributed by atoms with E-state index in [0.717, 1.165) is 4.90 Å².